The molecule has 0 radical (unpaired) electrons. The zero-order valence-electron chi connectivity index (χ0n) is 7.82. The van der Waals surface area contributed by atoms with Gasteiger partial charge in [0.2, 0.25) is 0 Å². The molecule has 0 heterocycles. The molecule has 0 unspecified atom stereocenters. The number of hydrogen-bond donors (Lipinski definition) is 0. The van der Waals surface area contributed by atoms with Gasteiger partial charge >= 0.3 is 69.5 Å². The third-order valence-corrected chi connectivity index (χ3v) is 3.74. The van der Waals surface area contributed by atoms with E-state index in [1.165, 1.54) is 12.6 Å². The van der Waals surface area contributed by atoms with Gasteiger partial charge in [0.05, 0.1) is 0 Å². The maximum atomic E-state index is 6.36. The quantitative estimate of drug-likeness (QED) is 0.585. The maximum absolute atomic E-state index is 6.36. The van der Waals surface area contributed by atoms with E-state index >= 15 is 0 Å². The van der Waals surface area contributed by atoms with Gasteiger partial charge in [-0.25, -0.2) is 0 Å². The van der Waals surface area contributed by atoms with Crippen molar-refractivity contribution in [3.63, 3.8) is 0 Å². The monoisotopic (exact) mass is 182 g/mol. The molecule has 0 bridgehead atoms. The summed E-state index contributed by atoms with van der Waals surface area (Å²) >= 11 is 6.36. The summed E-state index contributed by atoms with van der Waals surface area (Å²) in [4.78, 5) is 0. The van der Waals surface area contributed by atoms with Gasteiger partial charge in [0.25, 0.3) is 0 Å². The first-order valence-electron chi connectivity index (χ1n) is 3.89. The normalized spacial score (nSPS) is 16.9. The first-order valence-corrected chi connectivity index (χ1v) is 8.56. The molecule has 0 aliphatic carbocycles. The van der Waals surface area contributed by atoms with Crippen molar-refractivity contribution in [3.05, 3.63) is 0 Å². The Morgan fingerprint density at radius 3 is 1.70 bits per heavy atom. The molecular weight excluding hydrogens is 163 g/mol. The van der Waals surface area contributed by atoms with Gasteiger partial charge < -0.3 is 0 Å². The molecule has 0 spiro atoms. The van der Waals surface area contributed by atoms with Gasteiger partial charge in [0.15, 0.2) is 0 Å². The molecule has 0 aliphatic heterocycles. The fourth-order valence-electron chi connectivity index (χ4n) is 0.694. The molecule has 0 saturated heterocycles. The number of halogens is 1. The Morgan fingerprint density at radius 1 is 1.20 bits per heavy atom. The summed E-state index contributed by atoms with van der Waals surface area (Å²) in [5.41, 5.74) is 0. The Balaban J connectivity index is 3.70. The van der Waals surface area contributed by atoms with Crippen molar-refractivity contribution in [1.82, 2.24) is 0 Å². The Hall–Kier alpha value is 0.720. The van der Waals surface area contributed by atoms with E-state index in [2.05, 4.69) is 33.8 Å². The van der Waals surface area contributed by atoms with Gasteiger partial charge in [0, 0.05) is 0 Å². The van der Waals surface area contributed by atoms with Crippen LogP contribution in [0.4, 0.5) is 0 Å². The van der Waals surface area contributed by atoms with Crippen LogP contribution < -0.4 is 0 Å². The van der Waals surface area contributed by atoms with E-state index in [1.54, 1.807) is 0 Å². The fraction of sp³-hybridized carbons (Fsp3) is 1.00. The summed E-state index contributed by atoms with van der Waals surface area (Å²) in [5, 5.41) is 0. The van der Waals surface area contributed by atoms with Crippen LogP contribution in [0.3, 0.4) is 0 Å². The van der Waals surface area contributed by atoms with Gasteiger partial charge in [-0.2, -0.15) is 0 Å². The van der Waals surface area contributed by atoms with E-state index in [9.17, 15) is 0 Å². The zero-order chi connectivity index (χ0) is 8.44. The Morgan fingerprint density at radius 2 is 1.60 bits per heavy atom. The first kappa shape index (κ1) is 10.7. The molecule has 0 aromatic heterocycles. The van der Waals surface area contributed by atoms with Crippen LogP contribution >= 0.6 is 17.2 Å². The van der Waals surface area contributed by atoms with E-state index in [-0.39, 0.29) is 0 Å². The third-order valence-electron chi connectivity index (χ3n) is 1.46. The van der Waals surface area contributed by atoms with Crippen LogP contribution in [-0.4, -0.2) is 26.2 Å². The molecule has 0 atom stereocenters. The van der Waals surface area contributed by atoms with Crippen LogP contribution in [0.15, 0.2) is 0 Å². The van der Waals surface area contributed by atoms with Crippen LogP contribution in [-0.2, 0) is 0 Å². The Bertz CT molecular complexity index is 101. The second-order valence-corrected chi connectivity index (χ2v) is 14.9. The molecule has 10 heavy (non-hydrogen) atoms. The topological polar surface area (TPSA) is 0 Å². The second-order valence-electron chi connectivity index (χ2n) is 4.82. The van der Waals surface area contributed by atoms with E-state index in [0.29, 0.717) is 0 Å². The molecule has 0 aromatic carbocycles. The van der Waals surface area contributed by atoms with Crippen LogP contribution in [0, 0.1) is 5.92 Å². The summed E-state index contributed by atoms with van der Waals surface area (Å²) < 4.78 is 0. The zero-order valence-corrected chi connectivity index (χ0v) is 9.47. The van der Waals surface area contributed by atoms with E-state index in [1.807, 2.05) is 0 Å². The van der Waals surface area contributed by atoms with Crippen molar-refractivity contribution in [2.45, 2.75) is 20.3 Å². The van der Waals surface area contributed by atoms with E-state index in [0.717, 1.165) is 5.92 Å². The fourth-order valence-corrected chi connectivity index (χ4v) is 2.38. The van der Waals surface area contributed by atoms with Gasteiger partial charge in [-0.15, -0.1) is 0 Å². The molecule has 0 amide bonds. The summed E-state index contributed by atoms with van der Waals surface area (Å²) in [5.74, 6) is -0.908. The number of hydrogen-bond acceptors (Lipinski definition) is 0. The first-order chi connectivity index (χ1) is 4.17. The van der Waals surface area contributed by atoms with Gasteiger partial charge in [-0.05, 0) is 0 Å². The molecule has 64 valence electrons. The van der Waals surface area contributed by atoms with Crippen molar-refractivity contribution in [3.8, 4) is 0 Å². The molecule has 0 rings (SSSR count). The van der Waals surface area contributed by atoms with Gasteiger partial charge in [-0.3, -0.25) is 0 Å². The van der Waals surface area contributed by atoms with Crippen molar-refractivity contribution >= 4 is 17.2 Å². The second kappa shape index (κ2) is 2.99. The standard InChI is InChI=1S/C8H20ClP/c1-8(2)6-7-10(3,4,5)9/h8H,6-7H2,1-5H3. The SMILES string of the molecule is CC(C)CCP(C)(C)(C)Cl. The predicted octanol–water partition coefficient (Wildman–Crippen LogP) is 3.63. The summed E-state index contributed by atoms with van der Waals surface area (Å²) in [6.45, 7) is 11.2. The van der Waals surface area contributed by atoms with Crippen LogP contribution in [0.25, 0.3) is 0 Å². The van der Waals surface area contributed by atoms with Crippen molar-refractivity contribution in [1.29, 1.82) is 0 Å². The molecule has 0 nitrogen and oxygen atoms in total. The minimum absolute atomic E-state index is 0.792. The van der Waals surface area contributed by atoms with Gasteiger partial charge in [0.1, 0.15) is 0 Å². The molecule has 0 saturated carbocycles. The average Bonchev–Trinajstić information content (AvgIpc) is 1.57. The molecule has 0 aromatic rings. The van der Waals surface area contributed by atoms with E-state index in [4.69, 9.17) is 11.2 Å². The van der Waals surface area contributed by atoms with E-state index < -0.39 is 5.96 Å². The van der Waals surface area contributed by atoms with Crippen molar-refractivity contribution < 1.29 is 0 Å². The van der Waals surface area contributed by atoms with Crippen molar-refractivity contribution in [2.24, 2.45) is 5.92 Å². The summed E-state index contributed by atoms with van der Waals surface area (Å²) in [6, 6.07) is 0. The summed E-state index contributed by atoms with van der Waals surface area (Å²) in [6.07, 6.45) is 2.48. The molecule has 2 heteroatoms. The van der Waals surface area contributed by atoms with Gasteiger partial charge in [-0.1, -0.05) is 0 Å². The Kier molecular flexibility index (Phi) is 3.21. The molecule has 0 N–H and O–H groups in total. The molecular formula is C8H20ClP. The summed E-state index contributed by atoms with van der Waals surface area (Å²) in [7, 11) is 0. The molecule has 0 aliphatic rings. The Labute approximate surface area is 70.1 Å². The van der Waals surface area contributed by atoms with Crippen LogP contribution in [0.5, 0.6) is 0 Å². The third kappa shape index (κ3) is 8.72. The minimum atomic E-state index is -1.70. The molecule has 0 fully saturated rings. The average molecular weight is 183 g/mol. The van der Waals surface area contributed by atoms with Crippen molar-refractivity contribution in [2.75, 3.05) is 26.2 Å². The predicted molar refractivity (Wildman–Crippen MR) is 54.9 cm³/mol. The van der Waals surface area contributed by atoms with Crippen LogP contribution in [0.1, 0.15) is 20.3 Å². The van der Waals surface area contributed by atoms with Crippen LogP contribution in [0.2, 0.25) is 0 Å². The number of rotatable bonds is 3.